The highest BCUT2D eigenvalue weighted by Gasteiger charge is 2.39. The van der Waals surface area contributed by atoms with Gasteiger partial charge in [0.2, 0.25) is 8.32 Å². The van der Waals surface area contributed by atoms with E-state index in [1.54, 1.807) is 12.1 Å². The molecule has 0 unspecified atom stereocenters. The van der Waals surface area contributed by atoms with Crippen molar-refractivity contribution in [3.8, 4) is 5.75 Å². The number of rotatable bonds is 6. The number of hydrogen-bond donors (Lipinski definition) is 0. The lowest BCUT2D eigenvalue weighted by Gasteiger charge is -2.36. The Kier molecular flexibility index (Phi) is 6.29. The molecule has 0 radical (unpaired) electrons. The molecule has 21 heavy (non-hydrogen) atoms. The summed E-state index contributed by atoms with van der Waals surface area (Å²) in [5, 5.41) is 0.115. The first-order chi connectivity index (χ1) is 9.67. The summed E-state index contributed by atoms with van der Waals surface area (Å²) in [4.78, 5) is 11.9. The summed E-state index contributed by atoms with van der Waals surface area (Å²) in [5.74, 6) is 0.885. The van der Waals surface area contributed by atoms with Gasteiger partial charge in [0.1, 0.15) is 5.75 Å². The van der Waals surface area contributed by atoms with Crippen molar-refractivity contribution in [3.63, 3.8) is 0 Å². The normalized spacial score (nSPS) is 12.1. The molecular weight excluding hydrogens is 304 g/mol. The van der Waals surface area contributed by atoms with Crippen LogP contribution in [0.1, 0.15) is 37.6 Å². The molecule has 0 saturated carbocycles. The van der Waals surface area contributed by atoms with E-state index in [0.717, 1.165) is 5.75 Å². The molecule has 0 spiro atoms. The molecule has 118 valence electrons. The molecule has 0 bridgehead atoms. The van der Waals surface area contributed by atoms with Gasteiger partial charge in [0.05, 0.1) is 12.2 Å². The van der Waals surface area contributed by atoms with Crippen molar-refractivity contribution in [2.75, 3.05) is 12.5 Å². The van der Waals surface area contributed by atoms with Gasteiger partial charge in [0, 0.05) is 5.88 Å². The van der Waals surface area contributed by atoms with E-state index in [9.17, 15) is 4.79 Å². The number of esters is 1. The van der Waals surface area contributed by atoms with Crippen LogP contribution < -0.4 is 4.43 Å². The van der Waals surface area contributed by atoms with Gasteiger partial charge in [-0.25, -0.2) is 4.79 Å². The Morgan fingerprint density at radius 3 is 2.52 bits per heavy atom. The fourth-order valence-corrected chi connectivity index (χ4v) is 2.57. The van der Waals surface area contributed by atoms with E-state index in [1.807, 2.05) is 12.1 Å². The third kappa shape index (κ3) is 5.36. The number of alkyl halides is 1. The Hall–Kier alpha value is -1.00. The zero-order valence-corrected chi connectivity index (χ0v) is 15.3. The predicted octanol–water partition coefficient (Wildman–Crippen LogP) is 4.86. The van der Waals surface area contributed by atoms with Gasteiger partial charge in [0.15, 0.2) is 0 Å². The summed E-state index contributed by atoms with van der Waals surface area (Å²) in [6.45, 7) is 11.3. The van der Waals surface area contributed by atoms with Gasteiger partial charge in [-0.05, 0) is 42.8 Å². The zero-order valence-electron chi connectivity index (χ0n) is 13.5. The van der Waals surface area contributed by atoms with Crippen LogP contribution in [-0.4, -0.2) is 26.8 Å². The van der Waals surface area contributed by atoms with Crippen molar-refractivity contribution in [3.05, 3.63) is 29.8 Å². The molecule has 1 aromatic rings. The van der Waals surface area contributed by atoms with E-state index in [4.69, 9.17) is 20.8 Å². The van der Waals surface area contributed by atoms with Crippen LogP contribution in [0.4, 0.5) is 0 Å². The largest absolute Gasteiger partial charge is 0.543 e. The van der Waals surface area contributed by atoms with Crippen LogP contribution in [0.5, 0.6) is 5.75 Å². The van der Waals surface area contributed by atoms with Gasteiger partial charge in [-0.3, -0.25) is 0 Å². The Bertz CT molecular complexity index is 481. The first-order valence-corrected chi connectivity index (χ1v) is 10.6. The van der Waals surface area contributed by atoms with E-state index < -0.39 is 8.32 Å². The standard InChI is InChI=1S/C16H25ClO3Si/c1-16(2,3)21(4,5)20-14-9-6-8-13(12-14)15(18)19-11-7-10-17/h6,8-9,12H,7,10-11H2,1-5H3. The molecule has 0 atom stereocenters. The molecule has 0 aromatic heterocycles. The second-order valence-corrected chi connectivity index (χ2v) is 11.7. The second-order valence-electron chi connectivity index (χ2n) is 6.57. The first kappa shape index (κ1) is 18.0. The van der Waals surface area contributed by atoms with Gasteiger partial charge in [-0.1, -0.05) is 26.8 Å². The molecule has 0 N–H and O–H groups in total. The van der Waals surface area contributed by atoms with Crippen LogP contribution in [0.15, 0.2) is 24.3 Å². The molecule has 0 saturated heterocycles. The van der Waals surface area contributed by atoms with Crippen molar-refractivity contribution in [2.24, 2.45) is 0 Å². The Balaban J connectivity index is 2.79. The molecule has 5 heteroatoms. The number of hydrogen-bond acceptors (Lipinski definition) is 3. The van der Waals surface area contributed by atoms with Gasteiger partial charge < -0.3 is 9.16 Å². The highest BCUT2D eigenvalue weighted by Crippen LogP contribution is 2.37. The van der Waals surface area contributed by atoms with Gasteiger partial charge >= 0.3 is 5.97 Å². The van der Waals surface area contributed by atoms with Gasteiger partial charge in [0.25, 0.3) is 0 Å². The van der Waals surface area contributed by atoms with Gasteiger partial charge in [-0.2, -0.15) is 0 Å². The molecule has 0 heterocycles. The number of ether oxygens (including phenoxy) is 1. The summed E-state index contributed by atoms with van der Waals surface area (Å²) in [7, 11) is -1.90. The van der Waals surface area contributed by atoms with Crippen molar-refractivity contribution in [1.29, 1.82) is 0 Å². The summed E-state index contributed by atoms with van der Waals surface area (Å²) in [5.41, 5.74) is 0.515. The summed E-state index contributed by atoms with van der Waals surface area (Å²) in [6.07, 6.45) is 0.660. The average molecular weight is 329 g/mol. The Morgan fingerprint density at radius 2 is 1.95 bits per heavy atom. The number of benzene rings is 1. The van der Waals surface area contributed by atoms with Crippen LogP contribution >= 0.6 is 11.6 Å². The topological polar surface area (TPSA) is 35.5 Å². The Labute approximate surface area is 133 Å². The SMILES string of the molecule is CC(C)(C)[Si](C)(C)Oc1cccc(C(=O)OCCCCl)c1. The minimum absolute atomic E-state index is 0.115. The van der Waals surface area contributed by atoms with Crippen molar-refractivity contribution >= 4 is 25.9 Å². The van der Waals surface area contributed by atoms with Crippen LogP contribution in [0.3, 0.4) is 0 Å². The quantitative estimate of drug-likeness (QED) is 0.324. The lowest BCUT2D eigenvalue weighted by atomic mass is 10.2. The van der Waals surface area contributed by atoms with Crippen LogP contribution in [0.25, 0.3) is 0 Å². The molecule has 0 aliphatic rings. The van der Waals surface area contributed by atoms with E-state index >= 15 is 0 Å². The number of carbonyl (C=O) groups is 1. The lowest BCUT2D eigenvalue weighted by molar-refractivity contribution is 0.0505. The lowest BCUT2D eigenvalue weighted by Crippen LogP contribution is -2.43. The zero-order chi connectivity index (χ0) is 16.1. The summed E-state index contributed by atoms with van der Waals surface area (Å²) >= 11 is 5.56. The van der Waals surface area contributed by atoms with Crippen molar-refractivity contribution in [1.82, 2.24) is 0 Å². The predicted molar refractivity (Wildman–Crippen MR) is 89.9 cm³/mol. The fraction of sp³-hybridized carbons (Fsp3) is 0.562. The van der Waals surface area contributed by atoms with Crippen molar-refractivity contribution < 1.29 is 14.0 Å². The molecule has 3 nitrogen and oxygen atoms in total. The molecule has 0 aliphatic carbocycles. The third-order valence-corrected chi connectivity index (χ3v) is 8.39. The smallest absolute Gasteiger partial charge is 0.338 e. The highest BCUT2D eigenvalue weighted by atomic mass is 35.5. The molecule has 0 fully saturated rings. The fourth-order valence-electron chi connectivity index (χ4n) is 1.44. The maximum absolute atomic E-state index is 11.9. The molecule has 1 rings (SSSR count). The van der Waals surface area contributed by atoms with Crippen LogP contribution in [-0.2, 0) is 4.74 Å². The summed E-state index contributed by atoms with van der Waals surface area (Å²) < 4.78 is 11.3. The maximum atomic E-state index is 11.9. The van der Waals surface area contributed by atoms with Crippen LogP contribution in [0.2, 0.25) is 18.1 Å². The Morgan fingerprint density at radius 1 is 1.29 bits per heavy atom. The number of halogens is 1. The minimum Gasteiger partial charge on any atom is -0.543 e. The number of carbonyl (C=O) groups excluding carboxylic acids is 1. The van der Waals surface area contributed by atoms with Crippen molar-refractivity contribution in [2.45, 2.75) is 45.3 Å². The second kappa shape index (κ2) is 7.32. The van der Waals surface area contributed by atoms with E-state index in [-0.39, 0.29) is 11.0 Å². The molecule has 0 aliphatic heterocycles. The third-order valence-electron chi connectivity index (χ3n) is 3.76. The van der Waals surface area contributed by atoms with E-state index in [0.29, 0.717) is 24.5 Å². The van der Waals surface area contributed by atoms with E-state index in [1.165, 1.54) is 0 Å². The minimum atomic E-state index is -1.90. The highest BCUT2D eigenvalue weighted by molar-refractivity contribution is 6.74. The van der Waals surface area contributed by atoms with Crippen LogP contribution in [0, 0.1) is 0 Å². The van der Waals surface area contributed by atoms with Gasteiger partial charge in [-0.15, -0.1) is 11.6 Å². The molecule has 0 amide bonds. The molecule has 1 aromatic carbocycles. The molecular formula is C16H25ClO3Si. The first-order valence-electron chi connectivity index (χ1n) is 7.19. The summed E-state index contributed by atoms with van der Waals surface area (Å²) in [6, 6.07) is 7.20. The monoisotopic (exact) mass is 328 g/mol. The maximum Gasteiger partial charge on any atom is 0.338 e. The van der Waals surface area contributed by atoms with E-state index in [2.05, 4.69) is 33.9 Å². The average Bonchev–Trinajstić information content (AvgIpc) is 2.37.